The first-order chi connectivity index (χ1) is 10.5. The highest BCUT2D eigenvalue weighted by Gasteiger charge is 2.57. The van der Waals surface area contributed by atoms with Crippen LogP contribution >= 0.6 is 0 Å². The van der Waals surface area contributed by atoms with Crippen LogP contribution in [0.25, 0.3) is 0 Å². The largest absolute Gasteiger partial charge is 0.295 e. The number of ketones is 1. The van der Waals surface area contributed by atoms with E-state index in [9.17, 15) is 4.79 Å². The summed E-state index contributed by atoms with van der Waals surface area (Å²) >= 11 is 0. The summed E-state index contributed by atoms with van der Waals surface area (Å²) in [5.74, 6) is 3.37. The van der Waals surface area contributed by atoms with E-state index < -0.39 is 0 Å². The van der Waals surface area contributed by atoms with E-state index in [2.05, 4.69) is 38.7 Å². The SMILES string of the molecule is C=C[C@H]1CC[C@H]2[C@@H]3CC=C4CC(=O)C=C[C@]4(C)[C@H]3CC[C@]12C. The number of hydrogen-bond acceptors (Lipinski definition) is 1. The molecule has 22 heavy (non-hydrogen) atoms. The second-order valence-electron chi connectivity index (χ2n) is 8.57. The molecule has 0 radical (unpaired) electrons. The zero-order valence-electron chi connectivity index (χ0n) is 14.0. The van der Waals surface area contributed by atoms with Crippen LogP contribution in [0.2, 0.25) is 0 Å². The monoisotopic (exact) mass is 296 g/mol. The van der Waals surface area contributed by atoms with Gasteiger partial charge in [0.1, 0.15) is 0 Å². The van der Waals surface area contributed by atoms with E-state index >= 15 is 0 Å². The Balaban J connectivity index is 1.71. The summed E-state index contributed by atoms with van der Waals surface area (Å²) in [6, 6.07) is 0. The van der Waals surface area contributed by atoms with Crippen LogP contribution in [0.15, 0.2) is 36.5 Å². The molecule has 0 spiro atoms. The predicted molar refractivity (Wildman–Crippen MR) is 90.3 cm³/mol. The molecule has 0 aromatic rings. The van der Waals surface area contributed by atoms with Crippen molar-refractivity contribution in [3.63, 3.8) is 0 Å². The number of rotatable bonds is 1. The first-order valence-corrected chi connectivity index (χ1v) is 9.03. The molecule has 4 rings (SSSR count). The Kier molecular flexibility index (Phi) is 3.09. The van der Waals surface area contributed by atoms with Gasteiger partial charge >= 0.3 is 0 Å². The topological polar surface area (TPSA) is 17.1 Å². The van der Waals surface area contributed by atoms with Gasteiger partial charge in [-0.1, -0.05) is 37.6 Å². The van der Waals surface area contributed by atoms with Crippen LogP contribution in [-0.2, 0) is 4.79 Å². The molecule has 0 saturated heterocycles. The lowest BCUT2D eigenvalue weighted by Gasteiger charge is -2.56. The molecule has 1 heteroatoms. The molecule has 2 fully saturated rings. The van der Waals surface area contributed by atoms with Gasteiger partial charge < -0.3 is 0 Å². The molecular weight excluding hydrogens is 268 g/mol. The van der Waals surface area contributed by atoms with Crippen LogP contribution < -0.4 is 0 Å². The first-order valence-electron chi connectivity index (χ1n) is 9.03. The fourth-order valence-corrected chi connectivity index (χ4v) is 6.53. The maximum absolute atomic E-state index is 11.8. The second kappa shape index (κ2) is 4.69. The van der Waals surface area contributed by atoms with Gasteiger partial charge in [0.2, 0.25) is 0 Å². The van der Waals surface area contributed by atoms with E-state index in [1.807, 2.05) is 6.08 Å². The Bertz CT molecular complexity index is 583. The molecule has 4 aliphatic carbocycles. The Labute approximate surface area is 134 Å². The molecule has 6 atom stereocenters. The lowest BCUT2D eigenvalue weighted by molar-refractivity contribution is -0.115. The van der Waals surface area contributed by atoms with Crippen LogP contribution in [-0.4, -0.2) is 5.78 Å². The number of carbonyl (C=O) groups excluding carboxylic acids is 1. The summed E-state index contributed by atoms with van der Waals surface area (Å²) in [7, 11) is 0. The highest BCUT2D eigenvalue weighted by atomic mass is 16.1. The molecule has 4 aliphatic rings. The molecule has 0 amide bonds. The van der Waals surface area contributed by atoms with Gasteiger partial charge in [0, 0.05) is 11.8 Å². The maximum atomic E-state index is 11.8. The number of hydrogen-bond donors (Lipinski definition) is 0. The third-order valence-corrected chi connectivity index (χ3v) is 7.87. The third-order valence-electron chi connectivity index (χ3n) is 7.87. The standard InChI is InChI=1S/C21H28O/c1-4-14-6-8-18-17-7-5-15-13-16(22)9-11-21(15,3)19(17)10-12-20(14,18)2/h4-5,9,11,14,17-19H,1,6-8,10,12-13H2,2-3H3/t14-,17-,18-,19-,20+,21-/m0/s1. The van der Waals surface area contributed by atoms with Crippen molar-refractivity contribution in [1.29, 1.82) is 0 Å². The Morgan fingerprint density at radius 3 is 2.82 bits per heavy atom. The van der Waals surface area contributed by atoms with E-state index in [-0.39, 0.29) is 11.2 Å². The van der Waals surface area contributed by atoms with E-state index in [1.54, 1.807) is 0 Å². The van der Waals surface area contributed by atoms with Crippen molar-refractivity contribution < 1.29 is 4.79 Å². The summed E-state index contributed by atoms with van der Waals surface area (Å²) in [6.45, 7) is 9.02. The van der Waals surface area contributed by atoms with Gasteiger partial charge in [-0.05, 0) is 67.3 Å². The van der Waals surface area contributed by atoms with Gasteiger partial charge in [-0.25, -0.2) is 0 Å². The Morgan fingerprint density at radius 1 is 1.23 bits per heavy atom. The summed E-state index contributed by atoms with van der Waals surface area (Å²) < 4.78 is 0. The first kappa shape index (κ1) is 14.5. The summed E-state index contributed by atoms with van der Waals surface area (Å²) in [4.78, 5) is 11.8. The van der Waals surface area contributed by atoms with E-state index in [1.165, 1.54) is 37.7 Å². The van der Waals surface area contributed by atoms with Crippen LogP contribution in [0, 0.1) is 34.5 Å². The van der Waals surface area contributed by atoms with Crippen molar-refractivity contribution in [3.05, 3.63) is 36.5 Å². The van der Waals surface area contributed by atoms with E-state index in [0.717, 1.165) is 17.8 Å². The number of carbonyl (C=O) groups is 1. The molecule has 118 valence electrons. The van der Waals surface area contributed by atoms with Crippen LogP contribution in [0.1, 0.15) is 52.4 Å². The van der Waals surface area contributed by atoms with Gasteiger partial charge in [0.05, 0.1) is 0 Å². The average Bonchev–Trinajstić information content (AvgIpc) is 2.84. The highest BCUT2D eigenvalue weighted by molar-refractivity contribution is 5.93. The van der Waals surface area contributed by atoms with Gasteiger partial charge in [-0.2, -0.15) is 0 Å². The lowest BCUT2D eigenvalue weighted by Crippen LogP contribution is -2.48. The van der Waals surface area contributed by atoms with E-state index in [0.29, 0.717) is 17.8 Å². The molecule has 2 saturated carbocycles. The van der Waals surface area contributed by atoms with Crippen LogP contribution in [0.3, 0.4) is 0 Å². The summed E-state index contributed by atoms with van der Waals surface area (Å²) in [5.41, 5.74) is 2.02. The molecule has 0 bridgehead atoms. The Morgan fingerprint density at radius 2 is 2.05 bits per heavy atom. The molecule has 0 heterocycles. The van der Waals surface area contributed by atoms with Crippen molar-refractivity contribution in [1.82, 2.24) is 0 Å². The maximum Gasteiger partial charge on any atom is 0.159 e. The fraction of sp³-hybridized carbons (Fsp3) is 0.667. The minimum absolute atomic E-state index is 0.143. The smallest absolute Gasteiger partial charge is 0.159 e. The van der Waals surface area contributed by atoms with Crippen molar-refractivity contribution in [2.75, 3.05) is 0 Å². The Hall–Kier alpha value is -1.11. The summed E-state index contributed by atoms with van der Waals surface area (Å²) in [5, 5.41) is 0. The molecule has 0 unspecified atom stereocenters. The second-order valence-corrected chi connectivity index (χ2v) is 8.57. The van der Waals surface area contributed by atoms with Gasteiger partial charge in [-0.3, -0.25) is 4.79 Å². The molecule has 0 aromatic carbocycles. The minimum atomic E-state index is 0.143. The fourth-order valence-electron chi connectivity index (χ4n) is 6.53. The minimum Gasteiger partial charge on any atom is -0.295 e. The lowest BCUT2D eigenvalue weighted by atomic mass is 9.48. The predicted octanol–water partition coefficient (Wildman–Crippen LogP) is 5.10. The quantitative estimate of drug-likeness (QED) is 0.615. The van der Waals surface area contributed by atoms with Crippen LogP contribution in [0.4, 0.5) is 0 Å². The summed E-state index contributed by atoms with van der Waals surface area (Å²) in [6.07, 6.45) is 16.0. The number of allylic oxidation sites excluding steroid dienone is 5. The molecule has 0 aliphatic heterocycles. The van der Waals surface area contributed by atoms with Gasteiger partial charge in [0.15, 0.2) is 5.78 Å². The van der Waals surface area contributed by atoms with E-state index in [4.69, 9.17) is 0 Å². The van der Waals surface area contributed by atoms with Crippen molar-refractivity contribution >= 4 is 5.78 Å². The third kappa shape index (κ3) is 1.74. The zero-order valence-corrected chi connectivity index (χ0v) is 14.0. The average molecular weight is 296 g/mol. The molecule has 0 N–H and O–H groups in total. The molecule has 0 aromatic heterocycles. The van der Waals surface area contributed by atoms with Crippen molar-refractivity contribution in [2.45, 2.75) is 52.4 Å². The van der Waals surface area contributed by atoms with Crippen LogP contribution in [0.5, 0.6) is 0 Å². The van der Waals surface area contributed by atoms with Crippen molar-refractivity contribution in [3.8, 4) is 0 Å². The normalized spacial score (nSPS) is 49.9. The highest BCUT2D eigenvalue weighted by Crippen LogP contribution is 2.65. The van der Waals surface area contributed by atoms with Gasteiger partial charge in [0.25, 0.3) is 0 Å². The van der Waals surface area contributed by atoms with Gasteiger partial charge in [-0.15, -0.1) is 6.58 Å². The molecule has 1 nitrogen and oxygen atoms in total. The van der Waals surface area contributed by atoms with Crippen molar-refractivity contribution in [2.24, 2.45) is 34.5 Å². The molecular formula is C21H28O. The zero-order chi connectivity index (χ0) is 15.5. The number of fused-ring (bicyclic) bond motifs is 5.